The number of amides is 1. The van der Waals surface area contributed by atoms with Gasteiger partial charge in [-0.2, -0.15) is 0 Å². The van der Waals surface area contributed by atoms with Crippen LogP contribution in [0.1, 0.15) is 30.0 Å². The van der Waals surface area contributed by atoms with Crippen LogP contribution < -0.4 is 5.32 Å². The van der Waals surface area contributed by atoms with Crippen LogP contribution in [-0.2, 0) is 16.0 Å². The number of ether oxygens (including phenoxy) is 1. The summed E-state index contributed by atoms with van der Waals surface area (Å²) in [6.07, 6.45) is 3.32. The molecule has 2 unspecified atom stereocenters. The Morgan fingerprint density at radius 3 is 3.05 bits per heavy atom. The molecule has 1 aromatic carbocycles. The summed E-state index contributed by atoms with van der Waals surface area (Å²) < 4.78 is 5.40. The average molecular weight is 274 g/mol. The number of aryl methyl sites for hydroxylation is 1. The lowest BCUT2D eigenvalue weighted by Crippen LogP contribution is -2.52. The van der Waals surface area contributed by atoms with Crippen LogP contribution in [0.3, 0.4) is 0 Å². The lowest BCUT2D eigenvalue weighted by molar-refractivity contribution is -0.137. The predicted octanol–water partition coefficient (Wildman–Crippen LogP) is 1.51. The van der Waals surface area contributed by atoms with Crippen LogP contribution in [0.25, 0.3) is 0 Å². The predicted molar refractivity (Wildman–Crippen MR) is 77.5 cm³/mol. The van der Waals surface area contributed by atoms with Gasteiger partial charge in [0.15, 0.2) is 0 Å². The minimum absolute atomic E-state index is 0.145. The van der Waals surface area contributed by atoms with Crippen LogP contribution in [0.4, 0.5) is 0 Å². The largest absolute Gasteiger partial charge is 0.378 e. The number of nitrogens with one attached hydrogen (secondary N) is 1. The number of morpholine rings is 1. The first-order valence-electron chi connectivity index (χ1n) is 7.43. The van der Waals surface area contributed by atoms with Gasteiger partial charge in [-0.3, -0.25) is 4.79 Å². The fourth-order valence-corrected chi connectivity index (χ4v) is 3.25. The van der Waals surface area contributed by atoms with E-state index in [1.165, 1.54) is 11.1 Å². The molecule has 2 atom stereocenters. The fourth-order valence-electron chi connectivity index (χ4n) is 3.25. The Balaban J connectivity index is 1.77. The van der Waals surface area contributed by atoms with Gasteiger partial charge in [0.2, 0.25) is 5.91 Å². The van der Waals surface area contributed by atoms with Gasteiger partial charge in [0.05, 0.1) is 19.3 Å². The van der Waals surface area contributed by atoms with E-state index >= 15 is 0 Å². The molecule has 1 amide bonds. The third-order valence-electron chi connectivity index (χ3n) is 4.37. The summed E-state index contributed by atoms with van der Waals surface area (Å²) in [4.78, 5) is 14.5. The standard InChI is InChI=1S/C16H22N2O2/c1-18(16(19)14-11-20-10-9-17-14)15-8-4-6-12-5-2-3-7-13(12)15/h2-3,5,7,14-15,17H,4,6,8-11H2,1H3. The summed E-state index contributed by atoms with van der Waals surface area (Å²) in [5.41, 5.74) is 2.70. The van der Waals surface area contributed by atoms with Crippen LogP contribution in [0.5, 0.6) is 0 Å². The number of hydrogen-bond acceptors (Lipinski definition) is 3. The third-order valence-corrected chi connectivity index (χ3v) is 4.37. The smallest absolute Gasteiger partial charge is 0.242 e. The molecule has 0 bridgehead atoms. The molecule has 4 heteroatoms. The average Bonchev–Trinajstić information content (AvgIpc) is 2.54. The fraction of sp³-hybridized carbons (Fsp3) is 0.562. The van der Waals surface area contributed by atoms with Gasteiger partial charge in [0.1, 0.15) is 6.04 Å². The van der Waals surface area contributed by atoms with E-state index in [4.69, 9.17) is 4.74 Å². The number of fused-ring (bicyclic) bond motifs is 1. The van der Waals surface area contributed by atoms with Crippen molar-refractivity contribution in [3.05, 3.63) is 35.4 Å². The van der Waals surface area contributed by atoms with Gasteiger partial charge in [-0.1, -0.05) is 24.3 Å². The normalized spacial score (nSPS) is 25.9. The molecule has 3 rings (SSSR count). The molecule has 1 saturated heterocycles. The summed E-state index contributed by atoms with van der Waals surface area (Å²) in [7, 11) is 1.92. The van der Waals surface area contributed by atoms with Gasteiger partial charge in [0.25, 0.3) is 0 Å². The zero-order valence-corrected chi connectivity index (χ0v) is 12.0. The van der Waals surface area contributed by atoms with Gasteiger partial charge in [0, 0.05) is 13.6 Å². The highest BCUT2D eigenvalue weighted by Crippen LogP contribution is 2.33. The summed E-state index contributed by atoms with van der Waals surface area (Å²) in [5.74, 6) is 0.145. The first kappa shape index (κ1) is 13.6. The van der Waals surface area contributed by atoms with Crippen LogP contribution in [0, 0.1) is 0 Å². The number of hydrogen-bond donors (Lipinski definition) is 1. The zero-order chi connectivity index (χ0) is 13.9. The Morgan fingerprint density at radius 2 is 2.25 bits per heavy atom. The second kappa shape index (κ2) is 5.94. The van der Waals surface area contributed by atoms with E-state index in [2.05, 4.69) is 29.6 Å². The van der Waals surface area contributed by atoms with E-state index in [1.807, 2.05) is 11.9 Å². The molecule has 1 aliphatic heterocycles. The highest BCUT2D eigenvalue weighted by Gasteiger charge is 2.31. The van der Waals surface area contributed by atoms with Crippen molar-refractivity contribution in [1.29, 1.82) is 0 Å². The van der Waals surface area contributed by atoms with E-state index in [1.54, 1.807) is 0 Å². The molecule has 0 spiro atoms. The zero-order valence-electron chi connectivity index (χ0n) is 12.0. The lowest BCUT2D eigenvalue weighted by atomic mass is 9.87. The van der Waals surface area contributed by atoms with Crippen LogP contribution in [-0.4, -0.2) is 43.7 Å². The van der Waals surface area contributed by atoms with Crippen LogP contribution in [0.2, 0.25) is 0 Å². The molecule has 108 valence electrons. The molecular formula is C16H22N2O2. The molecule has 1 heterocycles. The second-order valence-electron chi connectivity index (χ2n) is 5.64. The Bertz CT molecular complexity index is 483. The number of rotatable bonds is 2. The van der Waals surface area contributed by atoms with E-state index in [9.17, 15) is 4.79 Å². The van der Waals surface area contributed by atoms with Crippen molar-refractivity contribution in [3.63, 3.8) is 0 Å². The number of carbonyl (C=O) groups is 1. The van der Waals surface area contributed by atoms with Crippen molar-refractivity contribution in [2.45, 2.75) is 31.3 Å². The van der Waals surface area contributed by atoms with Crippen molar-refractivity contribution in [3.8, 4) is 0 Å². The molecule has 1 N–H and O–H groups in total. The molecule has 20 heavy (non-hydrogen) atoms. The minimum Gasteiger partial charge on any atom is -0.378 e. The minimum atomic E-state index is -0.192. The summed E-state index contributed by atoms with van der Waals surface area (Å²) >= 11 is 0. The second-order valence-corrected chi connectivity index (χ2v) is 5.64. The van der Waals surface area contributed by atoms with E-state index in [0.29, 0.717) is 13.2 Å². The lowest BCUT2D eigenvalue weighted by Gasteiger charge is -2.36. The first-order chi connectivity index (χ1) is 9.77. The molecule has 2 aliphatic rings. The molecule has 1 aliphatic carbocycles. The quantitative estimate of drug-likeness (QED) is 0.889. The Morgan fingerprint density at radius 1 is 1.40 bits per heavy atom. The molecule has 0 radical (unpaired) electrons. The highest BCUT2D eigenvalue weighted by molar-refractivity contribution is 5.82. The van der Waals surface area contributed by atoms with E-state index in [-0.39, 0.29) is 18.0 Å². The molecule has 4 nitrogen and oxygen atoms in total. The maximum Gasteiger partial charge on any atom is 0.242 e. The third kappa shape index (κ3) is 2.58. The maximum atomic E-state index is 12.6. The van der Waals surface area contributed by atoms with Crippen molar-refractivity contribution < 1.29 is 9.53 Å². The number of nitrogens with zero attached hydrogens (tertiary/aromatic N) is 1. The molecular weight excluding hydrogens is 252 g/mol. The Kier molecular flexibility index (Phi) is 4.03. The summed E-state index contributed by atoms with van der Waals surface area (Å²) in [6.45, 7) is 1.93. The summed E-state index contributed by atoms with van der Waals surface area (Å²) in [5, 5.41) is 3.25. The van der Waals surface area contributed by atoms with Crippen molar-refractivity contribution >= 4 is 5.91 Å². The Labute approximate surface area is 120 Å². The monoisotopic (exact) mass is 274 g/mol. The Hall–Kier alpha value is -1.39. The first-order valence-corrected chi connectivity index (χ1v) is 7.43. The van der Waals surface area contributed by atoms with Crippen LogP contribution >= 0.6 is 0 Å². The molecule has 0 saturated carbocycles. The van der Waals surface area contributed by atoms with Crippen molar-refractivity contribution in [1.82, 2.24) is 10.2 Å². The molecule has 1 fully saturated rings. The highest BCUT2D eigenvalue weighted by atomic mass is 16.5. The van der Waals surface area contributed by atoms with Gasteiger partial charge in [-0.15, -0.1) is 0 Å². The van der Waals surface area contributed by atoms with Gasteiger partial charge in [-0.05, 0) is 30.4 Å². The van der Waals surface area contributed by atoms with Crippen molar-refractivity contribution in [2.24, 2.45) is 0 Å². The van der Waals surface area contributed by atoms with E-state index in [0.717, 1.165) is 25.8 Å². The van der Waals surface area contributed by atoms with E-state index < -0.39 is 0 Å². The van der Waals surface area contributed by atoms with Crippen molar-refractivity contribution in [2.75, 3.05) is 26.8 Å². The summed E-state index contributed by atoms with van der Waals surface area (Å²) in [6, 6.07) is 8.51. The number of carbonyl (C=O) groups excluding carboxylic acids is 1. The number of benzene rings is 1. The molecule has 1 aromatic rings. The van der Waals surface area contributed by atoms with Gasteiger partial charge >= 0.3 is 0 Å². The topological polar surface area (TPSA) is 41.6 Å². The molecule has 0 aromatic heterocycles. The van der Waals surface area contributed by atoms with Gasteiger partial charge < -0.3 is 15.0 Å². The maximum absolute atomic E-state index is 12.6. The van der Waals surface area contributed by atoms with Gasteiger partial charge in [-0.25, -0.2) is 0 Å². The van der Waals surface area contributed by atoms with Crippen LogP contribution in [0.15, 0.2) is 24.3 Å². The number of likely N-dealkylation sites (N-methyl/N-ethyl adjacent to an activating group) is 1. The SMILES string of the molecule is CN(C(=O)C1COCCN1)C1CCCc2ccccc21.